The van der Waals surface area contributed by atoms with Gasteiger partial charge in [-0.25, -0.2) is 4.98 Å². The van der Waals surface area contributed by atoms with Crippen LogP contribution in [0.3, 0.4) is 0 Å². The fourth-order valence-corrected chi connectivity index (χ4v) is 3.10. The molecule has 0 aliphatic carbocycles. The maximum absolute atomic E-state index is 9.49. The topological polar surface area (TPSA) is 54.2 Å². The number of aliphatic hydroxyl groups is 1. The molecule has 1 N–H and O–H groups in total. The average molecular weight is 294 g/mol. The van der Waals surface area contributed by atoms with E-state index in [1.807, 2.05) is 26.5 Å². The average Bonchev–Trinajstić information content (AvgIpc) is 3.04. The van der Waals surface area contributed by atoms with Crippen LogP contribution in [-0.4, -0.2) is 26.9 Å². The molecule has 0 saturated carbocycles. The molecule has 20 heavy (non-hydrogen) atoms. The van der Waals surface area contributed by atoms with Crippen molar-refractivity contribution >= 4 is 16.5 Å². The molecule has 2 aromatic rings. The lowest BCUT2D eigenvalue weighted by Gasteiger charge is -2.14. The zero-order valence-electron chi connectivity index (χ0n) is 12.5. The molecular weight excluding hydrogens is 272 g/mol. The fraction of sp³-hybridized carbons (Fsp3) is 0.571. The lowest BCUT2D eigenvalue weighted by molar-refractivity contribution is 0.283. The van der Waals surface area contributed by atoms with Gasteiger partial charge in [0, 0.05) is 32.4 Å². The first-order valence-corrected chi connectivity index (χ1v) is 7.65. The highest BCUT2D eigenvalue weighted by Crippen LogP contribution is 2.32. The van der Waals surface area contributed by atoms with Crippen LogP contribution in [0.5, 0.6) is 0 Å². The Morgan fingerprint density at radius 2 is 2.25 bits per heavy atom. The summed E-state index contributed by atoms with van der Waals surface area (Å²) in [6, 6.07) is 0. The standard InChI is InChI=1S/C14H22N4OS/c1-5-10(2)13-12(9-19)20-14(16-13)17(3)7-11-6-15-18(4)8-11/h6,8,10,19H,5,7,9H2,1-4H3. The van der Waals surface area contributed by atoms with Crippen molar-refractivity contribution in [3.05, 3.63) is 28.5 Å². The van der Waals surface area contributed by atoms with Crippen LogP contribution in [0.25, 0.3) is 0 Å². The van der Waals surface area contributed by atoms with Crippen LogP contribution in [0.1, 0.15) is 42.3 Å². The van der Waals surface area contributed by atoms with Crippen LogP contribution in [-0.2, 0) is 20.2 Å². The number of aryl methyl sites for hydroxylation is 1. The van der Waals surface area contributed by atoms with E-state index in [0.717, 1.165) is 34.2 Å². The van der Waals surface area contributed by atoms with Gasteiger partial charge < -0.3 is 10.0 Å². The molecule has 0 radical (unpaired) electrons. The predicted octanol–water partition coefficient (Wildman–Crippen LogP) is 2.52. The van der Waals surface area contributed by atoms with E-state index in [0.29, 0.717) is 5.92 Å². The minimum Gasteiger partial charge on any atom is -0.391 e. The second-order valence-electron chi connectivity index (χ2n) is 5.15. The normalized spacial score (nSPS) is 12.7. The summed E-state index contributed by atoms with van der Waals surface area (Å²) in [5.74, 6) is 0.383. The Kier molecular flexibility index (Phi) is 4.77. The summed E-state index contributed by atoms with van der Waals surface area (Å²) in [6.45, 7) is 5.13. The number of hydrogen-bond acceptors (Lipinski definition) is 5. The smallest absolute Gasteiger partial charge is 0.185 e. The summed E-state index contributed by atoms with van der Waals surface area (Å²) in [5, 5.41) is 14.6. The van der Waals surface area contributed by atoms with Gasteiger partial charge >= 0.3 is 0 Å². The molecule has 0 fully saturated rings. The number of nitrogens with zero attached hydrogens (tertiary/aromatic N) is 4. The van der Waals surface area contributed by atoms with Crippen LogP contribution in [0.4, 0.5) is 5.13 Å². The Hall–Kier alpha value is -1.40. The fourth-order valence-electron chi connectivity index (χ4n) is 2.10. The highest BCUT2D eigenvalue weighted by molar-refractivity contribution is 7.15. The number of aliphatic hydroxyl groups excluding tert-OH is 1. The number of aromatic nitrogens is 3. The van der Waals surface area contributed by atoms with Crippen LogP contribution in [0, 0.1) is 0 Å². The predicted molar refractivity (Wildman–Crippen MR) is 82.1 cm³/mol. The summed E-state index contributed by atoms with van der Waals surface area (Å²) in [4.78, 5) is 7.79. The number of rotatable bonds is 6. The molecule has 0 spiro atoms. The zero-order valence-corrected chi connectivity index (χ0v) is 13.3. The van der Waals surface area contributed by atoms with E-state index < -0.39 is 0 Å². The van der Waals surface area contributed by atoms with Crippen molar-refractivity contribution in [3.8, 4) is 0 Å². The Balaban J connectivity index is 2.17. The third kappa shape index (κ3) is 3.19. The van der Waals surface area contributed by atoms with Crippen molar-refractivity contribution in [1.82, 2.24) is 14.8 Å². The van der Waals surface area contributed by atoms with E-state index in [4.69, 9.17) is 4.98 Å². The van der Waals surface area contributed by atoms with Gasteiger partial charge in [0.05, 0.1) is 23.4 Å². The molecular formula is C14H22N4OS. The SMILES string of the molecule is CCC(C)c1nc(N(C)Cc2cnn(C)c2)sc1CO. The number of thiazole rings is 1. The molecule has 1 unspecified atom stereocenters. The Morgan fingerprint density at radius 1 is 1.50 bits per heavy atom. The quantitative estimate of drug-likeness (QED) is 0.889. The van der Waals surface area contributed by atoms with E-state index in [1.165, 1.54) is 0 Å². The highest BCUT2D eigenvalue weighted by Gasteiger charge is 2.17. The van der Waals surface area contributed by atoms with E-state index >= 15 is 0 Å². The van der Waals surface area contributed by atoms with Crippen molar-refractivity contribution in [1.29, 1.82) is 0 Å². The first kappa shape index (κ1) is 15.0. The molecule has 0 saturated heterocycles. The van der Waals surface area contributed by atoms with E-state index in [1.54, 1.807) is 16.0 Å². The van der Waals surface area contributed by atoms with Gasteiger partial charge in [0.15, 0.2) is 5.13 Å². The van der Waals surface area contributed by atoms with Crippen molar-refractivity contribution in [2.45, 2.75) is 39.3 Å². The van der Waals surface area contributed by atoms with Crippen LogP contribution in [0.2, 0.25) is 0 Å². The molecule has 6 heteroatoms. The van der Waals surface area contributed by atoms with Crippen molar-refractivity contribution in [3.63, 3.8) is 0 Å². The monoisotopic (exact) mass is 294 g/mol. The molecule has 2 aromatic heterocycles. The summed E-state index contributed by atoms with van der Waals surface area (Å²) in [6.07, 6.45) is 4.90. The van der Waals surface area contributed by atoms with Gasteiger partial charge in [-0.2, -0.15) is 5.10 Å². The molecule has 2 heterocycles. The number of hydrogen-bond donors (Lipinski definition) is 1. The second-order valence-corrected chi connectivity index (χ2v) is 6.21. The maximum atomic E-state index is 9.49. The van der Waals surface area contributed by atoms with Gasteiger partial charge in [-0.05, 0) is 12.3 Å². The summed E-state index contributed by atoms with van der Waals surface area (Å²) in [7, 11) is 3.94. The Labute approximate surface area is 123 Å². The summed E-state index contributed by atoms with van der Waals surface area (Å²) in [5.41, 5.74) is 2.19. The minimum absolute atomic E-state index is 0.0675. The largest absolute Gasteiger partial charge is 0.391 e. The molecule has 0 bridgehead atoms. The second kappa shape index (κ2) is 6.37. The zero-order chi connectivity index (χ0) is 14.7. The molecule has 0 aliphatic heterocycles. The molecule has 1 atom stereocenters. The lowest BCUT2D eigenvalue weighted by atomic mass is 10.0. The van der Waals surface area contributed by atoms with E-state index in [2.05, 4.69) is 23.8 Å². The van der Waals surface area contributed by atoms with Crippen molar-refractivity contribution < 1.29 is 5.11 Å². The van der Waals surface area contributed by atoms with Crippen LogP contribution < -0.4 is 4.90 Å². The van der Waals surface area contributed by atoms with Crippen molar-refractivity contribution in [2.24, 2.45) is 7.05 Å². The van der Waals surface area contributed by atoms with Gasteiger partial charge in [-0.1, -0.05) is 25.2 Å². The van der Waals surface area contributed by atoms with E-state index in [9.17, 15) is 5.11 Å². The lowest BCUT2D eigenvalue weighted by Crippen LogP contribution is -2.15. The molecule has 2 rings (SSSR count). The third-order valence-corrected chi connectivity index (χ3v) is 4.61. The first-order chi connectivity index (χ1) is 9.55. The molecule has 5 nitrogen and oxygen atoms in total. The van der Waals surface area contributed by atoms with Gasteiger partial charge in [0.1, 0.15) is 0 Å². The van der Waals surface area contributed by atoms with Crippen LogP contribution >= 0.6 is 11.3 Å². The Morgan fingerprint density at radius 3 is 2.80 bits per heavy atom. The third-order valence-electron chi connectivity index (χ3n) is 3.44. The molecule has 0 aromatic carbocycles. The van der Waals surface area contributed by atoms with E-state index in [-0.39, 0.29) is 6.61 Å². The van der Waals surface area contributed by atoms with Gasteiger partial charge in [0.2, 0.25) is 0 Å². The summed E-state index contributed by atoms with van der Waals surface area (Å²) >= 11 is 1.57. The first-order valence-electron chi connectivity index (χ1n) is 6.84. The number of anilines is 1. The molecule has 110 valence electrons. The maximum Gasteiger partial charge on any atom is 0.185 e. The molecule has 0 aliphatic rings. The van der Waals surface area contributed by atoms with Gasteiger partial charge in [-0.3, -0.25) is 4.68 Å². The Bertz CT molecular complexity index is 563. The van der Waals surface area contributed by atoms with Gasteiger partial charge in [0.25, 0.3) is 0 Å². The van der Waals surface area contributed by atoms with Crippen molar-refractivity contribution in [2.75, 3.05) is 11.9 Å². The van der Waals surface area contributed by atoms with Crippen LogP contribution in [0.15, 0.2) is 12.4 Å². The van der Waals surface area contributed by atoms with Gasteiger partial charge in [-0.15, -0.1) is 0 Å². The summed E-state index contributed by atoms with van der Waals surface area (Å²) < 4.78 is 1.80. The highest BCUT2D eigenvalue weighted by atomic mass is 32.1. The molecule has 0 amide bonds. The minimum atomic E-state index is 0.0675.